The molecule has 1 saturated heterocycles. The zero-order chi connectivity index (χ0) is 24.0. The molecule has 0 radical (unpaired) electrons. The van der Waals surface area contributed by atoms with E-state index in [-0.39, 0.29) is 18.0 Å². The summed E-state index contributed by atoms with van der Waals surface area (Å²) in [4.78, 5) is 24.7. The third-order valence-corrected chi connectivity index (χ3v) is 7.04. The standard InChI is InChI=1S/C22H27N3O7S/c1-30-18-8-6-16(25-11-4-12-33(25,28)29)14-17(18)24-22(27)21(26)23-10-9-15-5-7-19(31-2)20(13-15)32-3/h5-8,13-14H,4,9-12H2,1-3H3,(H,23,26)(H,24,27). The summed E-state index contributed by atoms with van der Waals surface area (Å²) in [7, 11) is 1.12. The van der Waals surface area contributed by atoms with Crippen LogP contribution in [0.4, 0.5) is 11.4 Å². The van der Waals surface area contributed by atoms with E-state index in [4.69, 9.17) is 14.2 Å². The third kappa shape index (κ3) is 5.67. The second-order valence-corrected chi connectivity index (χ2v) is 9.29. The van der Waals surface area contributed by atoms with Gasteiger partial charge in [-0.15, -0.1) is 0 Å². The van der Waals surface area contributed by atoms with Gasteiger partial charge in [-0.2, -0.15) is 0 Å². The predicted octanol–water partition coefficient (Wildman–Crippen LogP) is 1.55. The lowest BCUT2D eigenvalue weighted by Crippen LogP contribution is -2.36. The second kappa shape index (κ2) is 10.4. The SMILES string of the molecule is COc1ccc(N2CCCS2(=O)=O)cc1NC(=O)C(=O)NCCc1ccc(OC)c(OC)c1. The number of methoxy groups -OCH3 is 3. The number of hydrogen-bond acceptors (Lipinski definition) is 7. The van der Waals surface area contributed by atoms with Crippen LogP contribution in [0.2, 0.25) is 0 Å². The van der Waals surface area contributed by atoms with Crippen LogP contribution >= 0.6 is 0 Å². The Kier molecular flexibility index (Phi) is 7.64. The van der Waals surface area contributed by atoms with Crippen molar-refractivity contribution < 1.29 is 32.2 Å². The quantitative estimate of drug-likeness (QED) is 0.553. The largest absolute Gasteiger partial charge is 0.495 e. The lowest BCUT2D eigenvalue weighted by Gasteiger charge is -2.19. The molecule has 178 valence electrons. The normalized spacial score (nSPS) is 14.5. The molecule has 0 saturated carbocycles. The fraction of sp³-hybridized carbons (Fsp3) is 0.364. The number of nitrogens with one attached hydrogen (secondary N) is 2. The average molecular weight is 478 g/mol. The number of hydrogen-bond donors (Lipinski definition) is 2. The van der Waals surface area contributed by atoms with Crippen LogP contribution < -0.4 is 29.1 Å². The van der Waals surface area contributed by atoms with Gasteiger partial charge in [-0.1, -0.05) is 6.07 Å². The smallest absolute Gasteiger partial charge is 0.313 e. The van der Waals surface area contributed by atoms with Crippen molar-refractivity contribution in [1.29, 1.82) is 0 Å². The van der Waals surface area contributed by atoms with Crippen LogP contribution in [0.3, 0.4) is 0 Å². The summed E-state index contributed by atoms with van der Waals surface area (Å²) >= 11 is 0. The van der Waals surface area contributed by atoms with Crippen molar-refractivity contribution in [3.05, 3.63) is 42.0 Å². The molecule has 1 fully saturated rings. The Hall–Kier alpha value is -3.47. The number of nitrogens with zero attached hydrogens (tertiary/aromatic N) is 1. The molecule has 2 aromatic rings. The van der Waals surface area contributed by atoms with Crippen molar-refractivity contribution in [2.75, 3.05) is 49.8 Å². The van der Waals surface area contributed by atoms with Crippen molar-refractivity contribution in [3.8, 4) is 17.2 Å². The molecule has 33 heavy (non-hydrogen) atoms. The molecule has 1 aliphatic rings. The van der Waals surface area contributed by atoms with E-state index in [0.717, 1.165) is 5.56 Å². The first-order valence-electron chi connectivity index (χ1n) is 10.3. The Balaban J connectivity index is 1.62. The summed E-state index contributed by atoms with van der Waals surface area (Å²) in [6.07, 6.45) is 1.00. The van der Waals surface area contributed by atoms with Crippen molar-refractivity contribution in [2.45, 2.75) is 12.8 Å². The average Bonchev–Trinajstić information content (AvgIpc) is 3.17. The first kappa shape index (κ1) is 24.2. The molecular weight excluding hydrogens is 450 g/mol. The number of benzene rings is 2. The lowest BCUT2D eigenvalue weighted by molar-refractivity contribution is -0.136. The van der Waals surface area contributed by atoms with Gasteiger partial charge in [0.05, 0.1) is 38.5 Å². The summed E-state index contributed by atoms with van der Waals surface area (Å²) < 4.78 is 41.4. The minimum Gasteiger partial charge on any atom is -0.495 e. The van der Waals surface area contributed by atoms with Gasteiger partial charge in [0.1, 0.15) is 5.75 Å². The molecule has 0 bridgehead atoms. The zero-order valence-corrected chi connectivity index (χ0v) is 19.5. The molecule has 2 amide bonds. The first-order chi connectivity index (χ1) is 15.8. The van der Waals surface area contributed by atoms with Gasteiger partial charge in [-0.25, -0.2) is 8.42 Å². The Bertz CT molecular complexity index is 1130. The van der Waals surface area contributed by atoms with Crippen LogP contribution in [-0.4, -0.2) is 60.4 Å². The number of anilines is 2. The van der Waals surface area contributed by atoms with Gasteiger partial charge in [0.2, 0.25) is 10.0 Å². The highest BCUT2D eigenvalue weighted by Crippen LogP contribution is 2.32. The second-order valence-electron chi connectivity index (χ2n) is 7.28. The van der Waals surface area contributed by atoms with Crippen LogP contribution in [0, 0.1) is 0 Å². The maximum absolute atomic E-state index is 12.4. The van der Waals surface area contributed by atoms with Gasteiger partial charge in [0, 0.05) is 13.1 Å². The summed E-state index contributed by atoms with van der Waals surface area (Å²) in [6.45, 7) is 0.587. The van der Waals surface area contributed by atoms with Gasteiger partial charge in [-0.05, 0) is 48.7 Å². The van der Waals surface area contributed by atoms with E-state index >= 15 is 0 Å². The van der Waals surface area contributed by atoms with E-state index in [1.165, 1.54) is 24.6 Å². The maximum Gasteiger partial charge on any atom is 0.313 e. The molecule has 10 nitrogen and oxygen atoms in total. The zero-order valence-electron chi connectivity index (χ0n) is 18.7. The maximum atomic E-state index is 12.4. The molecular formula is C22H27N3O7S. The lowest BCUT2D eigenvalue weighted by atomic mass is 10.1. The molecule has 0 atom stereocenters. The van der Waals surface area contributed by atoms with Gasteiger partial charge < -0.3 is 24.8 Å². The Morgan fingerprint density at radius 1 is 0.939 bits per heavy atom. The Morgan fingerprint density at radius 3 is 2.27 bits per heavy atom. The number of ether oxygens (including phenoxy) is 3. The van der Waals surface area contributed by atoms with Crippen molar-refractivity contribution >= 4 is 33.2 Å². The van der Waals surface area contributed by atoms with Crippen LogP contribution in [0.5, 0.6) is 17.2 Å². The van der Waals surface area contributed by atoms with Crippen molar-refractivity contribution in [1.82, 2.24) is 5.32 Å². The summed E-state index contributed by atoms with van der Waals surface area (Å²) in [6, 6.07) is 10.0. The topological polar surface area (TPSA) is 123 Å². The molecule has 0 aromatic heterocycles. The van der Waals surface area contributed by atoms with Gasteiger partial charge in [0.15, 0.2) is 11.5 Å². The number of rotatable bonds is 8. The highest BCUT2D eigenvalue weighted by molar-refractivity contribution is 7.93. The molecule has 1 heterocycles. The molecule has 1 aliphatic heterocycles. The predicted molar refractivity (Wildman–Crippen MR) is 124 cm³/mol. The third-order valence-electron chi connectivity index (χ3n) is 5.17. The molecule has 3 rings (SSSR count). The molecule has 0 unspecified atom stereocenters. The minimum absolute atomic E-state index is 0.0726. The van der Waals surface area contributed by atoms with E-state index in [2.05, 4.69) is 10.6 Å². The van der Waals surface area contributed by atoms with Crippen LogP contribution in [0.25, 0.3) is 0 Å². The van der Waals surface area contributed by atoms with Crippen LogP contribution in [-0.2, 0) is 26.0 Å². The summed E-state index contributed by atoms with van der Waals surface area (Å²) in [5.41, 5.74) is 1.50. The van der Waals surface area contributed by atoms with E-state index in [1.54, 1.807) is 31.4 Å². The van der Waals surface area contributed by atoms with Crippen LogP contribution in [0.1, 0.15) is 12.0 Å². The number of carbonyl (C=O) groups is 2. The van der Waals surface area contributed by atoms with Crippen LogP contribution in [0.15, 0.2) is 36.4 Å². The number of amides is 2. The molecule has 0 spiro atoms. The highest BCUT2D eigenvalue weighted by atomic mass is 32.2. The number of carbonyl (C=O) groups excluding carboxylic acids is 2. The Labute approximate surface area is 192 Å². The fourth-order valence-electron chi connectivity index (χ4n) is 3.49. The van der Waals surface area contributed by atoms with E-state index < -0.39 is 21.8 Å². The molecule has 0 aliphatic carbocycles. The summed E-state index contributed by atoms with van der Waals surface area (Å²) in [5, 5.41) is 5.07. The van der Waals surface area contributed by atoms with E-state index in [1.807, 2.05) is 6.07 Å². The van der Waals surface area contributed by atoms with Gasteiger partial charge in [0.25, 0.3) is 0 Å². The number of sulfonamides is 1. The fourth-order valence-corrected chi connectivity index (χ4v) is 5.05. The minimum atomic E-state index is -3.39. The van der Waals surface area contributed by atoms with Crippen molar-refractivity contribution in [3.63, 3.8) is 0 Å². The Morgan fingerprint density at radius 2 is 1.64 bits per heavy atom. The molecule has 11 heteroatoms. The van der Waals surface area contributed by atoms with E-state index in [0.29, 0.717) is 42.3 Å². The summed E-state index contributed by atoms with van der Waals surface area (Å²) in [5.74, 6) is -0.155. The van der Waals surface area contributed by atoms with E-state index in [9.17, 15) is 18.0 Å². The highest BCUT2D eigenvalue weighted by Gasteiger charge is 2.29. The monoisotopic (exact) mass is 477 g/mol. The molecule has 2 aromatic carbocycles. The first-order valence-corrected chi connectivity index (χ1v) is 11.9. The van der Waals surface area contributed by atoms with Gasteiger partial charge >= 0.3 is 11.8 Å². The van der Waals surface area contributed by atoms with Crippen molar-refractivity contribution in [2.24, 2.45) is 0 Å². The van der Waals surface area contributed by atoms with Gasteiger partial charge in [-0.3, -0.25) is 13.9 Å². The molecule has 2 N–H and O–H groups in total.